The smallest absolute Gasteiger partial charge is 0.175 e. The molecule has 0 aromatic heterocycles. The fourth-order valence-corrected chi connectivity index (χ4v) is 2.79. The molecule has 116 valence electrons. The lowest BCUT2D eigenvalue weighted by atomic mass is 10.2. The van der Waals surface area contributed by atoms with Crippen molar-refractivity contribution in [1.29, 1.82) is 0 Å². The molecule has 0 aliphatic carbocycles. The van der Waals surface area contributed by atoms with Crippen molar-refractivity contribution in [3.63, 3.8) is 0 Å². The van der Waals surface area contributed by atoms with E-state index in [1.165, 1.54) is 6.26 Å². The fraction of sp³-hybridized carbons (Fsp3) is 0.133. The zero-order valence-corrected chi connectivity index (χ0v) is 14.2. The topological polar surface area (TPSA) is 58.2 Å². The lowest BCUT2D eigenvalue weighted by Gasteiger charge is -2.11. The van der Waals surface area contributed by atoms with E-state index in [-0.39, 0.29) is 0 Å². The second kappa shape index (κ2) is 7.09. The zero-order valence-electron chi connectivity index (χ0n) is 11.8. The van der Waals surface area contributed by atoms with Crippen molar-refractivity contribution in [2.24, 2.45) is 0 Å². The van der Waals surface area contributed by atoms with E-state index in [1.54, 1.807) is 36.4 Å². The lowest BCUT2D eigenvalue weighted by Crippen LogP contribution is -2.27. The van der Waals surface area contributed by atoms with E-state index in [9.17, 15) is 8.42 Å². The normalized spacial score (nSPS) is 11.0. The molecule has 0 spiro atoms. The average molecular weight is 355 g/mol. The highest BCUT2D eigenvalue weighted by Gasteiger charge is 2.06. The molecule has 0 radical (unpaired) electrons. The van der Waals surface area contributed by atoms with Crippen LogP contribution in [-0.2, 0) is 16.4 Å². The van der Waals surface area contributed by atoms with Crippen molar-refractivity contribution < 1.29 is 8.42 Å². The minimum atomic E-state index is -3.17. The number of nitrogens with one attached hydrogen (secondary N) is 2. The molecule has 0 amide bonds. The molecule has 7 heteroatoms. The molecule has 0 fully saturated rings. The first kappa shape index (κ1) is 16.7. The van der Waals surface area contributed by atoms with Crippen LogP contribution in [0.2, 0.25) is 5.02 Å². The molecule has 2 rings (SSSR count). The molecular formula is C15H15ClN2O2S2. The second-order valence-corrected chi connectivity index (χ2v) is 7.59. The monoisotopic (exact) mass is 354 g/mol. The Morgan fingerprint density at radius 2 is 1.86 bits per heavy atom. The van der Waals surface area contributed by atoms with E-state index in [4.69, 9.17) is 23.8 Å². The van der Waals surface area contributed by atoms with Crippen molar-refractivity contribution in [3.05, 3.63) is 59.1 Å². The Kier molecular flexibility index (Phi) is 5.39. The summed E-state index contributed by atoms with van der Waals surface area (Å²) in [5.41, 5.74) is 1.74. The number of hydrogen-bond acceptors (Lipinski definition) is 3. The molecule has 0 saturated carbocycles. The minimum Gasteiger partial charge on any atom is -0.358 e. The number of rotatable bonds is 4. The van der Waals surface area contributed by atoms with Gasteiger partial charge in [-0.05, 0) is 48.1 Å². The van der Waals surface area contributed by atoms with E-state index in [0.717, 1.165) is 11.3 Å². The van der Waals surface area contributed by atoms with Gasteiger partial charge in [0.1, 0.15) is 0 Å². The molecule has 0 saturated heterocycles. The molecule has 2 aromatic carbocycles. The molecule has 0 aliphatic heterocycles. The molecule has 22 heavy (non-hydrogen) atoms. The van der Waals surface area contributed by atoms with Gasteiger partial charge in [-0.2, -0.15) is 0 Å². The summed E-state index contributed by atoms with van der Waals surface area (Å²) in [6.07, 6.45) is 1.18. The van der Waals surface area contributed by atoms with Crippen molar-refractivity contribution in [2.75, 3.05) is 11.6 Å². The highest BCUT2D eigenvalue weighted by molar-refractivity contribution is 7.90. The van der Waals surface area contributed by atoms with E-state index in [2.05, 4.69) is 10.6 Å². The molecule has 0 aliphatic rings. The minimum absolute atomic E-state index is 0.302. The van der Waals surface area contributed by atoms with Crippen LogP contribution in [0, 0.1) is 0 Å². The van der Waals surface area contributed by atoms with Crippen LogP contribution in [0.25, 0.3) is 0 Å². The van der Waals surface area contributed by atoms with Crippen molar-refractivity contribution in [3.8, 4) is 0 Å². The fourth-order valence-electron chi connectivity index (χ4n) is 1.78. The number of benzene rings is 2. The van der Waals surface area contributed by atoms with Gasteiger partial charge in [-0.1, -0.05) is 29.8 Å². The maximum atomic E-state index is 11.4. The van der Waals surface area contributed by atoms with E-state index in [0.29, 0.717) is 21.6 Å². The zero-order chi connectivity index (χ0) is 16.2. The number of anilines is 1. The standard InChI is InChI=1S/C15H15ClN2O2S2/c1-22(19,20)14-7-5-11(6-8-14)10-17-15(21)18-13-4-2-3-12(16)9-13/h2-9H,10H2,1H3,(H2,17,18,21). The van der Waals surface area contributed by atoms with Crippen LogP contribution in [-0.4, -0.2) is 19.8 Å². The molecule has 0 atom stereocenters. The Balaban J connectivity index is 1.91. The summed E-state index contributed by atoms with van der Waals surface area (Å²) in [5.74, 6) is 0. The van der Waals surface area contributed by atoms with Crippen LogP contribution in [0.1, 0.15) is 5.56 Å². The van der Waals surface area contributed by atoms with Crippen molar-refractivity contribution in [1.82, 2.24) is 5.32 Å². The number of thiocarbonyl (C=S) groups is 1. The van der Waals surface area contributed by atoms with Gasteiger partial charge >= 0.3 is 0 Å². The van der Waals surface area contributed by atoms with Crippen LogP contribution in [0.3, 0.4) is 0 Å². The van der Waals surface area contributed by atoms with Gasteiger partial charge in [-0.3, -0.25) is 0 Å². The third kappa shape index (κ3) is 4.98. The van der Waals surface area contributed by atoms with Crippen molar-refractivity contribution in [2.45, 2.75) is 11.4 Å². The Hall–Kier alpha value is -1.63. The predicted octanol–water partition coefficient (Wildman–Crippen LogP) is 3.23. The number of halogens is 1. The first-order valence-electron chi connectivity index (χ1n) is 6.44. The molecular weight excluding hydrogens is 340 g/mol. The average Bonchev–Trinajstić information content (AvgIpc) is 2.45. The third-order valence-electron chi connectivity index (χ3n) is 2.89. The lowest BCUT2D eigenvalue weighted by molar-refractivity contribution is 0.602. The van der Waals surface area contributed by atoms with E-state index in [1.807, 2.05) is 12.1 Å². The van der Waals surface area contributed by atoms with Gasteiger partial charge in [0.25, 0.3) is 0 Å². The Morgan fingerprint density at radius 3 is 2.45 bits per heavy atom. The predicted molar refractivity (Wildman–Crippen MR) is 94.1 cm³/mol. The first-order valence-corrected chi connectivity index (χ1v) is 9.12. The SMILES string of the molecule is CS(=O)(=O)c1ccc(CNC(=S)Nc2cccc(Cl)c2)cc1. The van der Waals surface area contributed by atoms with Crippen LogP contribution >= 0.6 is 23.8 Å². The summed E-state index contributed by atoms with van der Waals surface area (Å²) in [7, 11) is -3.17. The van der Waals surface area contributed by atoms with Crippen LogP contribution < -0.4 is 10.6 Å². The first-order chi connectivity index (χ1) is 10.3. The largest absolute Gasteiger partial charge is 0.358 e. The van der Waals surface area contributed by atoms with Gasteiger partial charge in [0, 0.05) is 23.5 Å². The summed E-state index contributed by atoms with van der Waals surface area (Å²) in [5, 5.41) is 7.18. The number of hydrogen-bond donors (Lipinski definition) is 2. The second-order valence-electron chi connectivity index (χ2n) is 4.73. The third-order valence-corrected chi connectivity index (χ3v) is 4.50. The summed E-state index contributed by atoms with van der Waals surface area (Å²) >= 11 is 11.1. The summed E-state index contributed by atoms with van der Waals surface area (Å²) in [6.45, 7) is 0.496. The Bertz CT molecular complexity index is 774. The Labute approximate surface area is 140 Å². The van der Waals surface area contributed by atoms with Crippen LogP contribution in [0.15, 0.2) is 53.4 Å². The van der Waals surface area contributed by atoms with E-state index >= 15 is 0 Å². The highest BCUT2D eigenvalue weighted by Crippen LogP contribution is 2.15. The molecule has 2 aromatic rings. The molecule has 0 bridgehead atoms. The van der Waals surface area contributed by atoms with Gasteiger partial charge in [0.05, 0.1) is 4.90 Å². The molecule has 4 nitrogen and oxygen atoms in total. The summed E-state index contributed by atoms with van der Waals surface area (Å²) in [6, 6.07) is 13.9. The quantitative estimate of drug-likeness (QED) is 0.825. The van der Waals surface area contributed by atoms with Crippen LogP contribution in [0.5, 0.6) is 0 Å². The maximum absolute atomic E-state index is 11.4. The summed E-state index contributed by atoms with van der Waals surface area (Å²) < 4.78 is 22.8. The molecule has 2 N–H and O–H groups in total. The maximum Gasteiger partial charge on any atom is 0.175 e. The van der Waals surface area contributed by atoms with Gasteiger partial charge in [-0.25, -0.2) is 8.42 Å². The highest BCUT2D eigenvalue weighted by atomic mass is 35.5. The van der Waals surface area contributed by atoms with Crippen LogP contribution in [0.4, 0.5) is 5.69 Å². The van der Waals surface area contributed by atoms with Gasteiger partial charge < -0.3 is 10.6 Å². The van der Waals surface area contributed by atoms with Gasteiger partial charge in [0.2, 0.25) is 0 Å². The molecule has 0 unspecified atom stereocenters. The van der Waals surface area contributed by atoms with Crippen molar-refractivity contribution >= 4 is 44.5 Å². The van der Waals surface area contributed by atoms with E-state index < -0.39 is 9.84 Å². The van der Waals surface area contributed by atoms with Gasteiger partial charge in [-0.15, -0.1) is 0 Å². The summed E-state index contributed by atoms with van der Waals surface area (Å²) in [4.78, 5) is 0.302. The number of sulfone groups is 1. The van der Waals surface area contributed by atoms with Gasteiger partial charge in [0.15, 0.2) is 14.9 Å². The molecule has 0 heterocycles. The Morgan fingerprint density at radius 1 is 1.18 bits per heavy atom.